The molecular weight excluding hydrogens is 354 g/mol. The van der Waals surface area contributed by atoms with Crippen LogP contribution in [-0.2, 0) is 0 Å². The fourth-order valence-corrected chi connectivity index (χ4v) is 2.72. The van der Waals surface area contributed by atoms with Crippen LogP contribution >= 0.6 is 0 Å². The summed E-state index contributed by atoms with van der Waals surface area (Å²) in [7, 11) is 3.19. The third-order valence-electron chi connectivity index (χ3n) is 4.55. The molecule has 1 heterocycles. The predicted molar refractivity (Wildman–Crippen MR) is 111 cm³/mol. The van der Waals surface area contributed by atoms with E-state index in [1.54, 1.807) is 38.6 Å². The predicted octanol–water partition coefficient (Wildman–Crippen LogP) is 4.71. The summed E-state index contributed by atoms with van der Waals surface area (Å²) in [5, 5.41) is 6.12. The molecule has 0 unspecified atom stereocenters. The standard InChI is InChI=1S/C22H23N3O3/c1-14-6-5-7-18(15(14)2)25-22(26)16-8-11-21(23-13-16)24-19-10-9-17(27-3)12-20(19)28-4/h5-13H,1-4H3,(H,23,24)(H,25,26). The molecule has 2 aromatic carbocycles. The van der Waals surface area contributed by atoms with Gasteiger partial charge in [0.05, 0.1) is 25.5 Å². The van der Waals surface area contributed by atoms with Crippen molar-refractivity contribution >= 4 is 23.1 Å². The van der Waals surface area contributed by atoms with Crippen LogP contribution in [0, 0.1) is 13.8 Å². The molecule has 6 nitrogen and oxygen atoms in total. The first-order valence-corrected chi connectivity index (χ1v) is 8.84. The summed E-state index contributed by atoms with van der Waals surface area (Å²) in [5.41, 5.74) is 4.21. The average Bonchev–Trinajstić information content (AvgIpc) is 2.72. The Hall–Kier alpha value is -3.54. The number of aromatic nitrogens is 1. The van der Waals surface area contributed by atoms with Crippen molar-refractivity contribution in [2.24, 2.45) is 0 Å². The van der Waals surface area contributed by atoms with Crippen LogP contribution in [0.25, 0.3) is 0 Å². The molecule has 144 valence electrons. The average molecular weight is 377 g/mol. The fraction of sp³-hybridized carbons (Fsp3) is 0.182. The van der Waals surface area contributed by atoms with Crippen molar-refractivity contribution in [3.05, 3.63) is 71.4 Å². The van der Waals surface area contributed by atoms with Crippen molar-refractivity contribution in [2.75, 3.05) is 24.9 Å². The van der Waals surface area contributed by atoms with Crippen molar-refractivity contribution in [3.63, 3.8) is 0 Å². The number of nitrogens with one attached hydrogen (secondary N) is 2. The molecule has 28 heavy (non-hydrogen) atoms. The molecule has 0 spiro atoms. The van der Waals surface area contributed by atoms with Gasteiger partial charge in [0, 0.05) is 18.0 Å². The molecule has 0 aliphatic carbocycles. The minimum atomic E-state index is -0.199. The number of rotatable bonds is 6. The van der Waals surface area contributed by atoms with Crippen LogP contribution in [0.5, 0.6) is 11.5 Å². The number of ether oxygens (including phenoxy) is 2. The van der Waals surface area contributed by atoms with Crippen LogP contribution in [0.1, 0.15) is 21.5 Å². The van der Waals surface area contributed by atoms with Crippen LogP contribution < -0.4 is 20.1 Å². The number of nitrogens with zero attached hydrogens (tertiary/aromatic N) is 1. The number of aryl methyl sites for hydroxylation is 1. The molecule has 1 amide bonds. The Kier molecular flexibility index (Phi) is 5.79. The van der Waals surface area contributed by atoms with Crippen molar-refractivity contribution in [3.8, 4) is 11.5 Å². The molecule has 3 aromatic rings. The van der Waals surface area contributed by atoms with Gasteiger partial charge in [0.2, 0.25) is 0 Å². The minimum absolute atomic E-state index is 0.199. The number of carbonyl (C=O) groups excluding carboxylic acids is 1. The molecule has 0 fully saturated rings. The lowest BCUT2D eigenvalue weighted by Gasteiger charge is -2.13. The number of hydrogen-bond acceptors (Lipinski definition) is 5. The summed E-state index contributed by atoms with van der Waals surface area (Å²) in [6.45, 7) is 4.00. The van der Waals surface area contributed by atoms with E-state index in [4.69, 9.17) is 9.47 Å². The first kappa shape index (κ1) is 19.2. The topological polar surface area (TPSA) is 72.5 Å². The van der Waals surface area contributed by atoms with Gasteiger partial charge in [-0.3, -0.25) is 4.79 Å². The van der Waals surface area contributed by atoms with Crippen molar-refractivity contribution in [2.45, 2.75) is 13.8 Å². The molecule has 6 heteroatoms. The van der Waals surface area contributed by atoms with E-state index < -0.39 is 0 Å². The summed E-state index contributed by atoms with van der Waals surface area (Å²) in [6.07, 6.45) is 1.54. The number of anilines is 3. The highest BCUT2D eigenvalue weighted by Crippen LogP contribution is 2.31. The number of benzene rings is 2. The summed E-state index contributed by atoms with van der Waals surface area (Å²) in [5.74, 6) is 1.74. The Bertz CT molecular complexity index is 985. The lowest BCUT2D eigenvalue weighted by atomic mass is 10.1. The second kappa shape index (κ2) is 8.43. The zero-order valence-electron chi connectivity index (χ0n) is 16.4. The highest BCUT2D eigenvalue weighted by Gasteiger charge is 2.10. The van der Waals surface area contributed by atoms with Gasteiger partial charge in [0.25, 0.3) is 5.91 Å². The first-order valence-electron chi connectivity index (χ1n) is 8.84. The summed E-state index contributed by atoms with van der Waals surface area (Å²) >= 11 is 0. The zero-order valence-corrected chi connectivity index (χ0v) is 16.4. The minimum Gasteiger partial charge on any atom is -0.497 e. The molecule has 1 aromatic heterocycles. The Balaban J connectivity index is 1.73. The smallest absolute Gasteiger partial charge is 0.257 e. The second-order valence-electron chi connectivity index (χ2n) is 6.32. The maximum Gasteiger partial charge on any atom is 0.257 e. The number of carbonyl (C=O) groups is 1. The highest BCUT2D eigenvalue weighted by atomic mass is 16.5. The molecule has 0 radical (unpaired) electrons. The molecule has 0 aliphatic heterocycles. The molecular formula is C22H23N3O3. The first-order chi connectivity index (χ1) is 13.5. The normalized spacial score (nSPS) is 10.3. The molecule has 0 bridgehead atoms. The van der Waals surface area contributed by atoms with E-state index in [0.29, 0.717) is 22.9 Å². The third-order valence-corrected chi connectivity index (χ3v) is 4.55. The van der Waals surface area contributed by atoms with E-state index in [-0.39, 0.29) is 5.91 Å². The molecule has 2 N–H and O–H groups in total. The Morgan fingerprint density at radius 2 is 1.79 bits per heavy atom. The maximum absolute atomic E-state index is 12.5. The molecule has 0 aliphatic rings. The SMILES string of the molecule is COc1ccc(Nc2ccc(C(=O)Nc3cccc(C)c3C)cn2)c(OC)c1. The van der Waals surface area contributed by atoms with Gasteiger partial charge in [-0.05, 0) is 55.3 Å². The number of methoxy groups -OCH3 is 2. The Morgan fingerprint density at radius 1 is 0.964 bits per heavy atom. The van der Waals surface area contributed by atoms with Crippen LogP contribution in [0.15, 0.2) is 54.7 Å². The number of hydrogen-bond donors (Lipinski definition) is 2. The lowest BCUT2D eigenvalue weighted by Crippen LogP contribution is -2.13. The Labute approximate surface area is 164 Å². The van der Waals surface area contributed by atoms with E-state index in [2.05, 4.69) is 15.6 Å². The zero-order chi connectivity index (χ0) is 20.1. The summed E-state index contributed by atoms with van der Waals surface area (Å²) in [4.78, 5) is 16.8. The summed E-state index contributed by atoms with van der Waals surface area (Å²) < 4.78 is 10.6. The van der Waals surface area contributed by atoms with Gasteiger partial charge >= 0.3 is 0 Å². The number of amides is 1. The van der Waals surface area contributed by atoms with E-state index in [9.17, 15) is 4.79 Å². The third kappa shape index (κ3) is 4.23. The maximum atomic E-state index is 12.5. The van der Waals surface area contributed by atoms with E-state index in [1.807, 2.05) is 44.2 Å². The monoisotopic (exact) mass is 377 g/mol. The quantitative estimate of drug-likeness (QED) is 0.651. The highest BCUT2D eigenvalue weighted by molar-refractivity contribution is 6.04. The van der Waals surface area contributed by atoms with E-state index in [0.717, 1.165) is 22.5 Å². The largest absolute Gasteiger partial charge is 0.497 e. The van der Waals surface area contributed by atoms with Gasteiger partial charge in [-0.2, -0.15) is 0 Å². The number of pyridine rings is 1. The second-order valence-corrected chi connectivity index (χ2v) is 6.32. The van der Waals surface area contributed by atoms with Gasteiger partial charge in [0.1, 0.15) is 17.3 Å². The van der Waals surface area contributed by atoms with Crippen LogP contribution in [0.4, 0.5) is 17.2 Å². The fourth-order valence-electron chi connectivity index (χ4n) is 2.72. The van der Waals surface area contributed by atoms with Crippen LogP contribution in [0.2, 0.25) is 0 Å². The molecule has 3 rings (SSSR count). The molecule has 0 atom stereocenters. The van der Waals surface area contributed by atoms with Gasteiger partial charge in [0.15, 0.2) is 0 Å². The van der Waals surface area contributed by atoms with Crippen molar-refractivity contribution in [1.29, 1.82) is 0 Å². The molecule has 0 saturated heterocycles. The van der Waals surface area contributed by atoms with Crippen molar-refractivity contribution in [1.82, 2.24) is 4.98 Å². The van der Waals surface area contributed by atoms with Crippen molar-refractivity contribution < 1.29 is 14.3 Å². The van der Waals surface area contributed by atoms with Gasteiger partial charge in [-0.25, -0.2) is 4.98 Å². The van der Waals surface area contributed by atoms with Gasteiger partial charge in [-0.1, -0.05) is 12.1 Å². The van der Waals surface area contributed by atoms with Gasteiger partial charge in [-0.15, -0.1) is 0 Å². The lowest BCUT2D eigenvalue weighted by molar-refractivity contribution is 0.102. The van der Waals surface area contributed by atoms with E-state index in [1.165, 1.54) is 0 Å². The van der Waals surface area contributed by atoms with Crippen LogP contribution in [-0.4, -0.2) is 25.1 Å². The van der Waals surface area contributed by atoms with Gasteiger partial charge < -0.3 is 20.1 Å². The summed E-state index contributed by atoms with van der Waals surface area (Å²) in [6, 6.07) is 14.8. The Morgan fingerprint density at radius 3 is 2.46 bits per heavy atom. The molecule has 0 saturated carbocycles. The van der Waals surface area contributed by atoms with E-state index >= 15 is 0 Å². The van der Waals surface area contributed by atoms with Crippen LogP contribution in [0.3, 0.4) is 0 Å².